The van der Waals surface area contributed by atoms with Crippen molar-refractivity contribution in [1.82, 2.24) is 10.3 Å². The summed E-state index contributed by atoms with van der Waals surface area (Å²) in [6.07, 6.45) is 0.168. The number of carbonyl (C=O) groups is 1. The number of aromatic nitrogens is 1. The minimum absolute atomic E-state index is 0.0389. The van der Waals surface area contributed by atoms with Crippen molar-refractivity contribution in [2.75, 3.05) is 36.1 Å². The number of alkyl halides is 3. The average Bonchev–Trinajstić information content (AvgIpc) is 3.35. The van der Waals surface area contributed by atoms with Gasteiger partial charge in [-0.05, 0) is 49.1 Å². The molecule has 3 saturated heterocycles. The second kappa shape index (κ2) is 8.85. The van der Waals surface area contributed by atoms with Crippen LogP contribution in [0, 0.1) is 0 Å². The fourth-order valence-corrected chi connectivity index (χ4v) is 5.15. The number of halogens is 3. The summed E-state index contributed by atoms with van der Waals surface area (Å²) in [4.78, 5) is 20.5. The van der Waals surface area contributed by atoms with Crippen molar-refractivity contribution in [1.29, 1.82) is 0 Å². The van der Waals surface area contributed by atoms with Crippen molar-refractivity contribution in [3.63, 3.8) is 0 Å². The standard InChI is InChI=1S/C24H27F3N4O2/c25-24(26,27)22-8-7-19(12-28-22)30-10-9-17(13-30)29-23(32)11-16-1-3-18(4-2-16)31-20-5-6-21(31)15-33-14-20/h1-4,7-8,12,17,20-21H,5-6,9-11,13-15H2,(H,29,32)/t17-,20?,21?/m1/s1. The Morgan fingerprint density at radius 3 is 2.36 bits per heavy atom. The van der Waals surface area contributed by atoms with Crippen LogP contribution in [0.25, 0.3) is 0 Å². The summed E-state index contributed by atoms with van der Waals surface area (Å²) >= 11 is 0. The molecule has 3 aliphatic rings. The lowest BCUT2D eigenvalue weighted by Gasteiger charge is -2.36. The number of ether oxygens (including phenoxy) is 1. The molecule has 0 aliphatic carbocycles. The van der Waals surface area contributed by atoms with Gasteiger partial charge in [0.15, 0.2) is 0 Å². The molecule has 33 heavy (non-hydrogen) atoms. The Morgan fingerprint density at radius 1 is 1.03 bits per heavy atom. The second-order valence-electron chi connectivity index (χ2n) is 9.07. The predicted octanol–water partition coefficient (Wildman–Crippen LogP) is 3.41. The molecule has 9 heteroatoms. The van der Waals surface area contributed by atoms with Gasteiger partial charge in [-0.15, -0.1) is 0 Å². The van der Waals surface area contributed by atoms with Crippen LogP contribution in [0.4, 0.5) is 24.5 Å². The van der Waals surface area contributed by atoms with Crippen LogP contribution < -0.4 is 15.1 Å². The first-order chi connectivity index (χ1) is 15.9. The second-order valence-corrected chi connectivity index (χ2v) is 9.07. The zero-order chi connectivity index (χ0) is 23.0. The van der Waals surface area contributed by atoms with Crippen molar-refractivity contribution < 1.29 is 22.7 Å². The van der Waals surface area contributed by atoms with Gasteiger partial charge in [0.2, 0.25) is 5.91 Å². The monoisotopic (exact) mass is 460 g/mol. The summed E-state index contributed by atoms with van der Waals surface area (Å²) in [6, 6.07) is 11.5. The van der Waals surface area contributed by atoms with Gasteiger partial charge in [0, 0.05) is 24.8 Å². The SMILES string of the molecule is O=C(Cc1ccc(N2C3CCC2COC3)cc1)N[C@@H]1CCN(c2ccc(C(F)(F)F)nc2)C1. The first-order valence-corrected chi connectivity index (χ1v) is 11.4. The minimum atomic E-state index is -4.44. The highest BCUT2D eigenvalue weighted by Crippen LogP contribution is 2.34. The molecule has 1 amide bonds. The molecule has 1 aromatic carbocycles. The molecule has 0 radical (unpaired) electrons. The Bertz CT molecular complexity index is 965. The smallest absolute Gasteiger partial charge is 0.377 e. The number of pyridine rings is 1. The Kier molecular flexibility index (Phi) is 5.90. The Labute approximate surface area is 190 Å². The van der Waals surface area contributed by atoms with E-state index in [1.54, 1.807) is 0 Å². The number of anilines is 2. The molecule has 4 heterocycles. The first kappa shape index (κ1) is 22.0. The molecule has 0 saturated carbocycles. The molecule has 2 aromatic rings. The molecule has 3 fully saturated rings. The summed E-state index contributed by atoms with van der Waals surface area (Å²) in [5.74, 6) is -0.0495. The van der Waals surface area contributed by atoms with Crippen molar-refractivity contribution in [2.24, 2.45) is 0 Å². The number of rotatable bonds is 5. The van der Waals surface area contributed by atoms with Gasteiger partial charge in [-0.1, -0.05) is 12.1 Å². The number of fused-ring (bicyclic) bond motifs is 2. The molecule has 2 bridgehead atoms. The number of hydrogen-bond acceptors (Lipinski definition) is 5. The Morgan fingerprint density at radius 2 is 1.73 bits per heavy atom. The minimum Gasteiger partial charge on any atom is -0.377 e. The van der Waals surface area contributed by atoms with Crippen LogP contribution in [0.15, 0.2) is 42.6 Å². The third kappa shape index (κ3) is 4.78. The third-order valence-corrected chi connectivity index (χ3v) is 6.80. The van der Waals surface area contributed by atoms with Crippen LogP contribution in [0.1, 0.15) is 30.5 Å². The van der Waals surface area contributed by atoms with E-state index in [1.807, 2.05) is 17.0 Å². The summed E-state index contributed by atoms with van der Waals surface area (Å²) < 4.78 is 43.8. The topological polar surface area (TPSA) is 57.7 Å². The van der Waals surface area contributed by atoms with Gasteiger partial charge >= 0.3 is 6.18 Å². The maximum absolute atomic E-state index is 12.7. The number of benzene rings is 1. The van der Waals surface area contributed by atoms with Crippen LogP contribution in [0.3, 0.4) is 0 Å². The number of hydrogen-bond donors (Lipinski definition) is 1. The number of amides is 1. The molecule has 5 rings (SSSR count). The van der Waals surface area contributed by atoms with Crippen LogP contribution in [0.5, 0.6) is 0 Å². The van der Waals surface area contributed by atoms with E-state index in [-0.39, 0.29) is 11.9 Å². The van der Waals surface area contributed by atoms with Crippen LogP contribution in [0.2, 0.25) is 0 Å². The number of carbonyl (C=O) groups excluding carboxylic acids is 1. The van der Waals surface area contributed by atoms with Crippen LogP contribution >= 0.6 is 0 Å². The lowest BCUT2D eigenvalue weighted by atomic mass is 10.1. The summed E-state index contributed by atoms with van der Waals surface area (Å²) in [5.41, 5.74) is 1.88. The fourth-order valence-electron chi connectivity index (χ4n) is 5.15. The third-order valence-electron chi connectivity index (χ3n) is 6.80. The number of morpholine rings is 1. The van der Waals surface area contributed by atoms with Gasteiger partial charge in [-0.2, -0.15) is 13.2 Å². The van der Waals surface area contributed by atoms with E-state index >= 15 is 0 Å². The average molecular weight is 461 g/mol. The van der Waals surface area contributed by atoms with Crippen molar-refractivity contribution in [3.05, 3.63) is 53.9 Å². The molecule has 6 nitrogen and oxygen atoms in total. The molecule has 1 N–H and O–H groups in total. The normalized spacial score (nSPS) is 24.9. The zero-order valence-electron chi connectivity index (χ0n) is 18.2. The van der Waals surface area contributed by atoms with E-state index in [4.69, 9.17) is 4.74 Å². The van der Waals surface area contributed by atoms with E-state index in [0.29, 0.717) is 37.3 Å². The summed E-state index contributed by atoms with van der Waals surface area (Å²) in [6.45, 7) is 2.77. The van der Waals surface area contributed by atoms with Crippen molar-refractivity contribution in [3.8, 4) is 0 Å². The largest absolute Gasteiger partial charge is 0.433 e. The van der Waals surface area contributed by atoms with E-state index in [9.17, 15) is 18.0 Å². The van der Waals surface area contributed by atoms with E-state index in [1.165, 1.54) is 18.0 Å². The highest BCUT2D eigenvalue weighted by molar-refractivity contribution is 5.79. The van der Waals surface area contributed by atoms with Gasteiger partial charge in [-0.25, -0.2) is 4.98 Å². The van der Waals surface area contributed by atoms with E-state index in [2.05, 4.69) is 27.3 Å². The molecule has 3 atom stereocenters. The molecular formula is C24H27F3N4O2. The van der Waals surface area contributed by atoms with E-state index < -0.39 is 11.9 Å². The predicted molar refractivity (Wildman–Crippen MR) is 118 cm³/mol. The first-order valence-electron chi connectivity index (χ1n) is 11.4. The van der Waals surface area contributed by atoms with E-state index in [0.717, 1.165) is 44.1 Å². The zero-order valence-corrected chi connectivity index (χ0v) is 18.2. The number of nitrogens with one attached hydrogen (secondary N) is 1. The maximum Gasteiger partial charge on any atom is 0.433 e. The van der Waals surface area contributed by atoms with Crippen LogP contribution in [-0.2, 0) is 22.1 Å². The Hall–Kier alpha value is -2.81. The van der Waals surface area contributed by atoms with Gasteiger partial charge in [0.1, 0.15) is 5.69 Å². The lowest BCUT2D eigenvalue weighted by molar-refractivity contribution is -0.141. The van der Waals surface area contributed by atoms with Gasteiger partial charge in [0.05, 0.1) is 43.6 Å². The summed E-state index contributed by atoms with van der Waals surface area (Å²) in [7, 11) is 0. The quantitative estimate of drug-likeness (QED) is 0.741. The highest BCUT2D eigenvalue weighted by atomic mass is 19.4. The maximum atomic E-state index is 12.7. The molecule has 1 aromatic heterocycles. The molecule has 176 valence electrons. The Balaban J connectivity index is 1.13. The highest BCUT2D eigenvalue weighted by Gasteiger charge is 2.37. The van der Waals surface area contributed by atoms with Gasteiger partial charge in [0.25, 0.3) is 0 Å². The fraction of sp³-hybridized carbons (Fsp3) is 0.500. The van der Waals surface area contributed by atoms with Crippen molar-refractivity contribution >= 4 is 17.3 Å². The van der Waals surface area contributed by atoms with Crippen LogP contribution in [-0.4, -0.2) is 55.3 Å². The lowest BCUT2D eigenvalue weighted by Crippen LogP contribution is -2.45. The molecular weight excluding hydrogens is 433 g/mol. The van der Waals surface area contributed by atoms with Crippen molar-refractivity contribution in [2.45, 2.75) is 50.0 Å². The summed E-state index contributed by atoms with van der Waals surface area (Å²) in [5, 5.41) is 3.06. The van der Waals surface area contributed by atoms with Gasteiger partial charge in [-0.3, -0.25) is 4.79 Å². The number of nitrogens with zero attached hydrogens (tertiary/aromatic N) is 3. The molecule has 0 spiro atoms. The molecule has 2 unspecified atom stereocenters. The van der Waals surface area contributed by atoms with Gasteiger partial charge < -0.3 is 19.9 Å². The molecule has 3 aliphatic heterocycles.